The zero-order valence-corrected chi connectivity index (χ0v) is 11.7. The van der Waals surface area contributed by atoms with Crippen LogP contribution in [-0.4, -0.2) is 19.0 Å². The van der Waals surface area contributed by atoms with Gasteiger partial charge >= 0.3 is 0 Å². The van der Waals surface area contributed by atoms with Gasteiger partial charge in [0.05, 0.1) is 0 Å². The average Bonchev–Trinajstić information content (AvgIpc) is 2.25. The molecule has 0 heterocycles. The van der Waals surface area contributed by atoms with Gasteiger partial charge in [0, 0.05) is 12.4 Å². The minimum atomic E-state index is 0.313. The molecule has 1 atom stereocenters. The lowest BCUT2D eigenvalue weighted by Gasteiger charge is -2.30. The molecule has 2 heteroatoms. The van der Waals surface area contributed by atoms with Crippen LogP contribution in [0.25, 0.3) is 0 Å². The molecule has 0 aliphatic rings. The molecule has 0 aromatic heterocycles. The third-order valence-electron chi connectivity index (χ3n) is 3.56. The number of hydrogen-bond donors (Lipinski definition) is 1. The Balaban J connectivity index is 3.80. The van der Waals surface area contributed by atoms with Crippen LogP contribution in [0.2, 0.25) is 0 Å². The molecule has 0 aliphatic carbocycles. The Morgan fingerprint density at radius 3 is 2.20 bits per heavy atom. The second-order valence-corrected chi connectivity index (χ2v) is 5.13. The average molecular weight is 234 g/mol. The summed E-state index contributed by atoms with van der Waals surface area (Å²) >= 11 is 6.06. The summed E-state index contributed by atoms with van der Waals surface area (Å²) in [4.78, 5) is 0. The van der Waals surface area contributed by atoms with E-state index in [9.17, 15) is 0 Å². The minimum Gasteiger partial charge on any atom is -0.316 e. The van der Waals surface area contributed by atoms with Crippen LogP contribution in [0.15, 0.2) is 0 Å². The molecule has 0 aromatic carbocycles. The Hall–Kier alpha value is 0.250. The van der Waals surface area contributed by atoms with Crippen molar-refractivity contribution in [3.63, 3.8) is 0 Å². The number of nitrogens with one attached hydrogen (secondary N) is 1. The van der Waals surface area contributed by atoms with E-state index < -0.39 is 0 Å². The molecule has 0 saturated carbocycles. The van der Waals surface area contributed by atoms with Gasteiger partial charge in [-0.2, -0.15) is 0 Å². The van der Waals surface area contributed by atoms with Crippen LogP contribution >= 0.6 is 11.6 Å². The number of alkyl halides is 1. The standard InChI is InChI=1S/C13H28ClN/c1-5-8-12(4)9-15-11-13(6-2,7-3)10-14/h12,15H,5-11H2,1-4H3. The van der Waals surface area contributed by atoms with Crippen LogP contribution in [0, 0.1) is 11.3 Å². The van der Waals surface area contributed by atoms with E-state index in [4.69, 9.17) is 11.6 Å². The fourth-order valence-electron chi connectivity index (χ4n) is 1.91. The van der Waals surface area contributed by atoms with E-state index in [0.717, 1.165) is 24.9 Å². The van der Waals surface area contributed by atoms with Gasteiger partial charge in [-0.15, -0.1) is 11.6 Å². The van der Waals surface area contributed by atoms with Crippen molar-refractivity contribution < 1.29 is 0 Å². The van der Waals surface area contributed by atoms with Gasteiger partial charge in [0.1, 0.15) is 0 Å². The van der Waals surface area contributed by atoms with Crippen molar-refractivity contribution in [3.8, 4) is 0 Å². The maximum Gasteiger partial charge on any atom is 0.0291 e. The van der Waals surface area contributed by atoms with E-state index in [0.29, 0.717) is 5.41 Å². The molecule has 1 N–H and O–H groups in total. The highest BCUT2D eigenvalue weighted by Gasteiger charge is 2.24. The summed E-state index contributed by atoms with van der Waals surface area (Å²) in [6.07, 6.45) is 4.94. The van der Waals surface area contributed by atoms with Crippen LogP contribution in [-0.2, 0) is 0 Å². The molecule has 0 spiro atoms. The highest BCUT2D eigenvalue weighted by Crippen LogP contribution is 2.26. The Kier molecular flexibility index (Phi) is 8.55. The highest BCUT2D eigenvalue weighted by molar-refractivity contribution is 6.18. The maximum atomic E-state index is 6.06. The monoisotopic (exact) mass is 233 g/mol. The first-order valence-electron chi connectivity index (χ1n) is 6.40. The first-order chi connectivity index (χ1) is 7.14. The summed E-state index contributed by atoms with van der Waals surface area (Å²) in [6.45, 7) is 11.2. The molecule has 0 bridgehead atoms. The van der Waals surface area contributed by atoms with Gasteiger partial charge in [-0.3, -0.25) is 0 Å². The van der Waals surface area contributed by atoms with Gasteiger partial charge in [-0.25, -0.2) is 0 Å². The van der Waals surface area contributed by atoms with Gasteiger partial charge in [-0.1, -0.05) is 34.1 Å². The lowest BCUT2D eigenvalue weighted by Crippen LogP contribution is -2.36. The van der Waals surface area contributed by atoms with E-state index in [1.165, 1.54) is 25.7 Å². The summed E-state index contributed by atoms with van der Waals surface area (Å²) in [5, 5.41) is 3.58. The first kappa shape index (κ1) is 15.2. The predicted molar refractivity (Wildman–Crippen MR) is 70.7 cm³/mol. The van der Waals surface area contributed by atoms with Gasteiger partial charge in [0.15, 0.2) is 0 Å². The van der Waals surface area contributed by atoms with E-state index in [2.05, 4.69) is 33.0 Å². The van der Waals surface area contributed by atoms with Gasteiger partial charge in [0.2, 0.25) is 0 Å². The van der Waals surface area contributed by atoms with Gasteiger partial charge < -0.3 is 5.32 Å². The third-order valence-corrected chi connectivity index (χ3v) is 4.12. The Bertz CT molecular complexity index is 135. The molecule has 92 valence electrons. The second kappa shape index (κ2) is 8.41. The van der Waals surface area contributed by atoms with Crippen molar-refractivity contribution in [1.29, 1.82) is 0 Å². The Morgan fingerprint density at radius 1 is 1.20 bits per heavy atom. The van der Waals surface area contributed by atoms with E-state index in [1.54, 1.807) is 0 Å². The molecule has 0 saturated heterocycles. The Morgan fingerprint density at radius 2 is 1.80 bits per heavy atom. The van der Waals surface area contributed by atoms with Crippen molar-refractivity contribution in [3.05, 3.63) is 0 Å². The molecule has 0 fully saturated rings. The summed E-state index contributed by atoms with van der Waals surface area (Å²) in [5.74, 6) is 1.56. The van der Waals surface area contributed by atoms with Crippen molar-refractivity contribution in [2.24, 2.45) is 11.3 Å². The normalized spacial score (nSPS) is 14.2. The number of rotatable bonds is 9. The van der Waals surface area contributed by atoms with Crippen LogP contribution in [0.1, 0.15) is 53.4 Å². The molecule has 1 unspecified atom stereocenters. The molecule has 0 rings (SSSR count). The second-order valence-electron chi connectivity index (χ2n) is 4.87. The molecule has 0 amide bonds. The third kappa shape index (κ3) is 5.77. The molecule has 15 heavy (non-hydrogen) atoms. The van der Waals surface area contributed by atoms with Crippen molar-refractivity contribution in [2.45, 2.75) is 53.4 Å². The molecule has 0 radical (unpaired) electrons. The fourth-order valence-corrected chi connectivity index (χ4v) is 2.39. The largest absolute Gasteiger partial charge is 0.316 e. The van der Waals surface area contributed by atoms with E-state index in [-0.39, 0.29) is 0 Å². The molecule has 1 nitrogen and oxygen atoms in total. The quantitative estimate of drug-likeness (QED) is 0.593. The fraction of sp³-hybridized carbons (Fsp3) is 1.00. The molecule has 0 aliphatic heterocycles. The molecule has 0 aromatic rings. The van der Waals surface area contributed by atoms with Crippen LogP contribution in [0.3, 0.4) is 0 Å². The Labute approximate surface area is 101 Å². The van der Waals surface area contributed by atoms with Gasteiger partial charge in [0.25, 0.3) is 0 Å². The highest BCUT2D eigenvalue weighted by atomic mass is 35.5. The van der Waals surface area contributed by atoms with Crippen LogP contribution in [0.4, 0.5) is 0 Å². The minimum absolute atomic E-state index is 0.313. The molecular formula is C13H28ClN. The topological polar surface area (TPSA) is 12.0 Å². The summed E-state index contributed by atoms with van der Waals surface area (Å²) in [7, 11) is 0. The van der Waals surface area contributed by atoms with Crippen molar-refractivity contribution >= 4 is 11.6 Å². The van der Waals surface area contributed by atoms with Crippen molar-refractivity contribution in [2.75, 3.05) is 19.0 Å². The zero-order chi connectivity index (χ0) is 11.7. The summed E-state index contributed by atoms with van der Waals surface area (Å²) < 4.78 is 0. The van der Waals surface area contributed by atoms with E-state index >= 15 is 0 Å². The van der Waals surface area contributed by atoms with Gasteiger partial charge in [-0.05, 0) is 37.1 Å². The SMILES string of the molecule is CCCC(C)CNCC(CC)(CC)CCl. The smallest absolute Gasteiger partial charge is 0.0291 e. The van der Waals surface area contributed by atoms with E-state index in [1.807, 2.05) is 0 Å². The number of halogens is 1. The van der Waals surface area contributed by atoms with Crippen LogP contribution < -0.4 is 5.32 Å². The van der Waals surface area contributed by atoms with Crippen LogP contribution in [0.5, 0.6) is 0 Å². The summed E-state index contributed by atoms with van der Waals surface area (Å²) in [6, 6.07) is 0. The lowest BCUT2D eigenvalue weighted by molar-refractivity contribution is 0.278. The first-order valence-corrected chi connectivity index (χ1v) is 6.94. The predicted octanol–water partition coefficient (Wildman–Crippen LogP) is 4.06. The molecular weight excluding hydrogens is 206 g/mol. The summed E-state index contributed by atoms with van der Waals surface area (Å²) in [5.41, 5.74) is 0.313. The van der Waals surface area contributed by atoms with Crippen molar-refractivity contribution in [1.82, 2.24) is 5.32 Å². The maximum absolute atomic E-state index is 6.06. The zero-order valence-electron chi connectivity index (χ0n) is 10.9. The number of hydrogen-bond acceptors (Lipinski definition) is 1. The lowest BCUT2D eigenvalue weighted by atomic mass is 9.84.